The molecule has 1 aliphatic rings. The molecule has 5 heteroatoms. The van der Waals surface area contributed by atoms with Crippen LogP contribution in [0.5, 0.6) is 5.75 Å². The van der Waals surface area contributed by atoms with Crippen LogP contribution in [0.4, 0.5) is 0 Å². The van der Waals surface area contributed by atoms with Gasteiger partial charge >= 0.3 is 0 Å². The molecule has 1 aromatic rings. The maximum atomic E-state index is 11.3. The molecule has 1 aromatic carbocycles. The molecule has 0 bridgehead atoms. The van der Waals surface area contributed by atoms with Crippen molar-refractivity contribution in [3.63, 3.8) is 0 Å². The molecule has 1 saturated carbocycles. The summed E-state index contributed by atoms with van der Waals surface area (Å²) in [7, 11) is 0. The molecule has 0 saturated heterocycles. The standard InChI is InChI=1S/C19H30N2O3/c1-13(7-8-14-5-3-2-4-6-14)21-12-18(23)15-9-10-17(22)16(11-15)19(20)24/h9-11,13-14,18,21-23H,2-8,12H2,1H3,(H2,20,24)/i1D3,13D. The third kappa shape index (κ3) is 5.49. The lowest BCUT2D eigenvalue weighted by atomic mass is 9.85. The van der Waals surface area contributed by atoms with Gasteiger partial charge in [-0.15, -0.1) is 0 Å². The molecule has 134 valence electrons. The van der Waals surface area contributed by atoms with Crippen LogP contribution in [0, 0.1) is 5.92 Å². The van der Waals surface area contributed by atoms with E-state index in [1.807, 2.05) is 0 Å². The summed E-state index contributed by atoms with van der Waals surface area (Å²) in [6.07, 6.45) is 5.34. The van der Waals surface area contributed by atoms with E-state index in [0.29, 0.717) is 17.9 Å². The van der Waals surface area contributed by atoms with Crippen LogP contribution in [0.15, 0.2) is 18.2 Å². The summed E-state index contributed by atoms with van der Waals surface area (Å²) in [6.45, 7) is -2.72. The molecule has 2 unspecified atom stereocenters. The number of nitrogens with one attached hydrogen (secondary N) is 1. The maximum absolute atomic E-state index is 11.3. The number of amides is 1. The van der Waals surface area contributed by atoms with Crippen LogP contribution >= 0.6 is 0 Å². The lowest BCUT2D eigenvalue weighted by Gasteiger charge is -2.24. The molecular formula is C19H30N2O3. The van der Waals surface area contributed by atoms with Gasteiger partial charge in [0, 0.05) is 18.0 Å². The van der Waals surface area contributed by atoms with Gasteiger partial charge in [0.05, 0.1) is 11.7 Å². The fraction of sp³-hybridized carbons (Fsp3) is 0.632. The molecule has 5 nitrogen and oxygen atoms in total. The number of nitrogens with two attached hydrogens (primary N) is 1. The minimum Gasteiger partial charge on any atom is -0.507 e. The van der Waals surface area contributed by atoms with Gasteiger partial charge in [0.15, 0.2) is 0 Å². The molecule has 1 fully saturated rings. The molecule has 0 aliphatic heterocycles. The average Bonchev–Trinajstić information content (AvgIpc) is 2.64. The first-order chi connectivity index (χ1) is 13.0. The highest BCUT2D eigenvalue weighted by molar-refractivity contribution is 5.95. The molecule has 2 rings (SSSR count). The van der Waals surface area contributed by atoms with E-state index < -0.39 is 24.9 Å². The number of primary amides is 1. The van der Waals surface area contributed by atoms with Gasteiger partial charge in [-0.2, -0.15) is 0 Å². The van der Waals surface area contributed by atoms with Crippen molar-refractivity contribution in [2.45, 2.75) is 63.9 Å². The summed E-state index contributed by atoms with van der Waals surface area (Å²) in [5.41, 5.74) is 5.38. The number of aliphatic hydroxyl groups is 1. The zero-order chi connectivity index (χ0) is 20.9. The topological polar surface area (TPSA) is 95.6 Å². The first kappa shape index (κ1) is 13.7. The molecule has 1 amide bonds. The summed E-state index contributed by atoms with van der Waals surface area (Å²) >= 11 is 0. The second-order valence-electron chi connectivity index (χ2n) is 6.56. The van der Waals surface area contributed by atoms with Crippen LogP contribution < -0.4 is 11.1 Å². The summed E-state index contributed by atoms with van der Waals surface area (Å²) in [4.78, 5) is 11.3. The fourth-order valence-electron chi connectivity index (χ4n) is 3.21. The number of hydrogen-bond donors (Lipinski definition) is 4. The highest BCUT2D eigenvalue weighted by Crippen LogP contribution is 2.28. The Balaban J connectivity index is 2.04. The van der Waals surface area contributed by atoms with Crippen molar-refractivity contribution < 1.29 is 20.5 Å². The molecule has 0 radical (unpaired) electrons. The third-order valence-electron chi connectivity index (χ3n) is 4.71. The van der Waals surface area contributed by atoms with Crippen molar-refractivity contribution >= 4 is 5.91 Å². The quantitative estimate of drug-likeness (QED) is 0.586. The van der Waals surface area contributed by atoms with Crippen LogP contribution in [0.3, 0.4) is 0 Å². The van der Waals surface area contributed by atoms with Crippen LogP contribution in [0.2, 0.25) is 0 Å². The van der Waals surface area contributed by atoms with E-state index in [1.165, 1.54) is 24.6 Å². The van der Waals surface area contributed by atoms with Crippen LogP contribution in [-0.2, 0) is 0 Å². The summed E-state index contributed by atoms with van der Waals surface area (Å²) in [6, 6.07) is 2.08. The number of aliphatic hydroxyl groups excluding tert-OH is 1. The van der Waals surface area contributed by atoms with E-state index in [9.17, 15) is 15.0 Å². The second-order valence-corrected chi connectivity index (χ2v) is 6.56. The molecule has 5 N–H and O–H groups in total. The van der Waals surface area contributed by atoms with E-state index in [2.05, 4.69) is 5.32 Å². The molecule has 24 heavy (non-hydrogen) atoms. The van der Waals surface area contributed by atoms with Gasteiger partial charge in [0.25, 0.3) is 5.91 Å². The van der Waals surface area contributed by atoms with Crippen molar-refractivity contribution in [1.82, 2.24) is 5.32 Å². The minimum atomic E-state index is -2.55. The Hall–Kier alpha value is -1.59. The number of aromatic hydroxyl groups is 1. The highest BCUT2D eigenvalue weighted by atomic mass is 16.3. The van der Waals surface area contributed by atoms with Gasteiger partial charge in [-0.1, -0.05) is 38.2 Å². The van der Waals surface area contributed by atoms with Crippen LogP contribution in [0.1, 0.15) is 79.3 Å². The van der Waals surface area contributed by atoms with Gasteiger partial charge in [-0.25, -0.2) is 0 Å². The van der Waals surface area contributed by atoms with Gasteiger partial charge in [0.2, 0.25) is 0 Å². The number of rotatable bonds is 8. The van der Waals surface area contributed by atoms with Crippen LogP contribution in [0.25, 0.3) is 0 Å². The second kappa shape index (κ2) is 9.04. The van der Waals surface area contributed by atoms with Crippen molar-refractivity contribution in [2.75, 3.05) is 6.54 Å². The predicted molar refractivity (Wildman–Crippen MR) is 94.9 cm³/mol. The van der Waals surface area contributed by atoms with E-state index in [4.69, 9.17) is 11.2 Å². The largest absolute Gasteiger partial charge is 0.507 e. The number of benzene rings is 1. The normalized spacial score (nSPS) is 22.5. The van der Waals surface area contributed by atoms with Crippen LogP contribution in [-0.4, -0.2) is 28.7 Å². The van der Waals surface area contributed by atoms with Gasteiger partial charge in [-0.05, 0) is 43.3 Å². The summed E-state index contributed by atoms with van der Waals surface area (Å²) < 4.78 is 31.8. The maximum Gasteiger partial charge on any atom is 0.252 e. The molecule has 2 atom stereocenters. The monoisotopic (exact) mass is 338 g/mol. The SMILES string of the molecule is [2H]C([2H])([2H])C([2H])(CCC1CCCCC1)NCC(O)c1ccc(O)c(C(N)=O)c1. The molecule has 1 aliphatic carbocycles. The number of phenols is 1. The number of carbonyl (C=O) groups is 1. The first-order valence-corrected chi connectivity index (χ1v) is 8.59. The van der Waals surface area contributed by atoms with Gasteiger partial charge in [-0.3, -0.25) is 4.79 Å². The van der Waals surface area contributed by atoms with Crippen molar-refractivity contribution in [3.8, 4) is 5.75 Å². The Morgan fingerprint density at radius 2 is 2.21 bits per heavy atom. The van der Waals surface area contributed by atoms with Crippen molar-refractivity contribution in [1.29, 1.82) is 0 Å². The van der Waals surface area contributed by atoms with Gasteiger partial charge in [0.1, 0.15) is 5.75 Å². The summed E-state index contributed by atoms with van der Waals surface area (Å²) in [5, 5.41) is 22.8. The van der Waals surface area contributed by atoms with Crippen molar-refractivity contribution in [3.05, 3.63) is 29.3 Å². The molecule has 0 aromatic heterocycles. The lowest BCUT2D eigenvalue weighted by molar-refractivity contribution is 0.0997. The Labute approximate surface area is 149 Å². The average molecular weight is 338 g/mol. The zero-order valence-corrected chi connectivity index (χ0v) is 13.9. The Kier molecular flexibility index (Phi) is 5.15. The lowest BCUT2D eigenvalue weighted by Crippen LogP contribution is -2.31. The smallest absolute Gasteiger partial charge is 0.252 e. The number of hydrogen-bond acceptors (Lipinski definition) is 4. The van der Waals surface area contributed by atoms with E-state index in [0.717, 1.165) is 25.7 Å². The Bertz CT molecular complexity index is 678. The van der Waals surface area contributed by atoms with Gasteiger partial charge < -0.3 is 21.3 Å². The number of carbonyl (C=O) groups excluding carboxylic acids is 1. The summed E-state index contributed by atoms with van der Waals surface area (Å²) in [5.74, 6) is -0.673. The third-order valence-corrected chi connectivity index (χ3v) is 4.71. The van der Waals surface area contributed by atoms with Crippen molar-refractivity contribution in [2.24, 2.45) is 11.7 Å². The van der Waals surface area contributed by atoms with E-state index in [-0.39, 0.29) is 24.3 Å². The first-order valence-electron chi connectivity index (χ1n) is 10.6. The Morgan fingerprint density at radius 3 is 2.88 bits per heavy atom. The van der Waals surface area contributed by atoms with E-state index >= 15 is 0 Å². The molecule has 0 spiro atoms. The molecule has 0 heterocycles. The zero-order valence-electron chi connectivity index (χ0n) is 17.9. The predicted octanol–water partition coefficient (Wildman–Crippen LogP) is 2.86. The minimum absolute atomic E-state index is 0.123. The van der Waals surface area contributed by atoms with E-state index in [1.54, 1.807) is 0 Å². The highest BCUT2D eigenvalue weighted by Gasteiger charge is 2.16. The fourth-order valence-corrected chi connectivity index (χ4v) is 3.21. The molecular weight excluding hydrogens is 304 g/mol. The Morgan fingerprint density at radius 1 is 1.46 bits per heavy atom.